The minimum absolute atomic E-state index is 0.0239. The van der Waals surface area contributed by atoms with Crippen LogP contribution in [-0.2, 0) is 0 Å². The average Bonchev–Trinajstić information content (AvgIpc) is 2.82. The van der Waals surface area contributed by atoms with Gasteiger partial charge >= 0.3 is 0 Å². The van der Waals surface area contributed by atoms with Crippen LogP contribution in [0.2, 0.25) is 0 Å². The maximum Gasteiger partial charge on any atom is 0.159 e. The maximum atomic E-state index is 14.7. The van der Waals surface area contributed by atoms with Crippen molar-refractivity contribution in [3.63, 3.8) is 0 Å². The van der Waals surface area contributed by atoms with Gasteiger partial charge in [-0.15, -0.1) is 0 Å². The molecule has 4 rings (SSSR count). The molecule has 0 aromatic heterocycles. The number of hydrogen-bond donors (Lipinski definition) is 0. The fraction of sp³-hybridized carbons (Fsp3) is 0.172. The Kier molecular flexibility index (Phi) is 7.36. The van der Waals surface area contributed by atoms with Crippen molar-refractivity contribution >= 4 is 10.8 Å². The van der Waals surface area contributed by atoms with Gasteiger partial charge in [0.25, 0.3) is 0 Å². The third-order valence-electron chi connectivity index (χ3n) is 5.51. The minimum Gasteiger partial charge on any atom is -0.493 e. The molecule has 0 saturated heterocycles. The molecular weight excluding hydrogens is 459 g/mol. The van der Waals surface area contributed by atoms with Crippen molar-refractivity contribution in [1.82, 2.24) is 0 Å². The van der Waals surface area contributed by atoms with E-state index in [1.807, 2.05) is 6.92 Å². The first-order chi connectivity index (χ1) is 16.9. The van der Waals surface area contributed by atoms with Crippen LogP contribution in [0.15, 0.2) is 60.7 Å². The average molecular weight is 480 g/mol. The SMILES string of the molecule is CCCCCOc1cc(F)c(-c2ccc(C#Cc3ccc4cc(F)c(F)cc4c3)c(F)c2)c(F)c1. The van der Waals surface area contributed by atoms with Crippen molar-refractivity contribution in [1.29, 1.82) is 0 Å². The summed E-state index contributed by atoms with van der Waals surface area (Å²) in [5, 5.41) is 0.960. The van der Waals surface area contributed by atoms with Gasteiger partial charge in [-0.05, 0) is 59.2 Å². The molecule has 0 atom stereocenters. The van der Waals surface area contributed by atoms with Gasteiger partial charge in [-0.25, -0.2) is 22.0 Å². The fourth-order valence-corrected chi connectivity index (χ4v) is 3.68. The quantitative estimate of drug-likeness (QED) is 0.154. The van der Waals surface area contributed by atoms with Crippen molar-refractivity contribution in [3.05, 3.63) is 101 Å². The number of unbranched alkanes of at least 4 members (excludes halogenated alkanes) is 2. The molecule has 1 nitrogen and oxygen atoms in total. The van der Waals surface area contributed by atoms with Crippen LogP contribution in [-0.4, -0.2) is 6.61 Å². The first-order valence-corrected chi connectivity index (χ1v) is 11.2. The number of fused-ring (bicyclic) bond motifs is 1. The van der Waals surface area contributed by atoms with E-state index in [9.17, 15) is 22.0 Å². The predicted octanol–water partition coefficient (Wildman–Crippen LogP) is 8.17. The van der Waals surface area contributed by atoms with Crippen LogP contribution in [0.3, 0.4) is 0 Å². The fourth-order valence-electron chi connectivity index (χ4n) is 3.68. The highest BCUT2D eigenvalue weighted by atomic mass is 19.2. The summed E-state index contributed by atoms with van der Waals surface area (Å²) in [7, 11) is 0. The first-order valence-electron chi connectivity index (χ1n) is 11.2. The Morgan fingerprint density at radius 2 is 1.37 bits per heavy atom. The van der Waals surface area contributed by atoms with E-state index in [0.29, 0.717) is 22.9 Å². The predicted molar refractivity (Wildman–Crippen MR) is 127 cm³/mol. The molecule has 0 N–H and O–H groups in total. The normalized spacial score (nSPS) is 10.8. The van der Waals surface area contributed by atoms with Crippen LogP contribution in [0.4, 0.5) is 22.0 Å². The zero-order valence-corrected chi connectivity index (χ0v) is 18.9. The summed E-state index contributed by atoms with van der Waals surface area (Å²) in [6.45, 7) is 2.40. The highest BCUT2D eigenvalue weighted by Gasteiger charge is 2.16. The van der Waals surface area contributed by atoms with Crippen LogP contribution in [0, 0.1) is 40.9 Å². The van der Waals surface area contributed by atoms with Gasteiger partial charge in [0.1, 0.15) is 23.2 Å². The smallest absolute Gasteiger partial charge is 0.159 e. The van der Waals surface area contributed by atoms with E-state index < -0.39 is 29.1 Å². The van der Waals surface area contributed by atoms with Crippen molar-refractivity contribution in [2.24, 2.45) is 0 Å². The lowest BCUT2D eigenvalue weighted by molar-refractivity contribution is 0.303. The molecule has 0 aliphatic rings. The second kappa shape index (κ2) is 10.6. The molecular formula is C29H21F5O. The number of rotatable bonds is 6. The molecule has 0 aliphatic heterocycles. The highest BCUT2D eigenvalue weighted by Crippen LogP contribution is 2.31. The molecule has 0 fully saturated rings. The van der Waals surface area contributed by atoms with Crippen LogP contribution < -0.4 is 4.74 Å². The number of hydrogen-bond acceptors (Lipinski definition) is 1. The van der Waals surface area contributed by atoms with Crippen LogP contribution in [0.5, 0.6) is 5.75 Å². The maximum absolute atomic E-state index is 14.7. The third-order valence-corrected chi connectivity index (χ3v) is 5.51. The number of halogens is 5. The van der Waals surface area contributed by atoms with Gasteiger partial charge < -0.3 is 4.74 Å². The van der Waals surface area contributed by atoms with Crippen molar-refractivity contribution < 1.29 is 26.7 Å². The molecule has 0 spiro atoms. The second-order valence-electron chi connectivity index (χ2n) is 8.09. The van der Waals surface area contributed by atoms with Gasteiger partial charge in [-0.3, -0.25) is 0 Å². The molecule has 178 valence electrons. The van der Waals surface area contributed by atoms with Gasteiger partial charge in [0.05, 0.1) is 17.7 Å². The zero-order chi connectivity index (χ0) is 24.9. The van der Waals surface area contributed by atoms with Crippen molar-refractivity contribution in [3.8, 4) is 28.7 Å². The van der Waals surface area contributed by atoms with Gasteiger partial charge in [-0.1, -0.05) is 43.7 Å². The Morgan fingerprint density at radius 3 is 2.06 bits per heavy atom. The summed E-state index contributed by atoms with van der Waals surface area (Å²) in [6, 6.07) is 12.8. The molecule has 0 heterocycles. The second-order valence-corrected chi connectivity index (χ2v) is 8.09. The summed E-state index contributed by atoms with van der Waals surface area (Å²) >= 11 is 0. The van der Waals surface area contributed by atoms with Crippen LogP contribution >= 0.6 is 0 Å². The summed E-state index contributed by atoms with van der Waals surface area (Å²) in [5.74, 6) is 1.16. The summed E-state index contributed by atoms with van der Waals surface area (Å²) < 4.78 is 76.2. The van der Waals surface area contributed by atoms with Crippen molar-refractivity contribution in [2.75, 3.05) is 6.61 Å². The zero-order valence-electron chi connectivity index (χ0n) is 18.9. The molecule has 35 heavy (non-hydrogen) atoms. The molecule has 6 heteroatoms. The largest absolute Gasteiger partial charge is 0.493 e. The molecule has 0 radical (unpaired) electrons. The lowest BCUT2D eigenvalue weighted by Crippen LogP contribution is -2.00. The topological polar surface area (TPSA) is 9.23 Å². The Labute approximate surface area is 200 Å². The molecule has 0 bridgehead atoms. The number of benzene rings is 4. The van der Waals surface area contributed by atoms with E-state index in [2.05, 4.69) is 11.8 Å². The minimum atomic E-state index is -0.972. The number of ether oxygens (including phenoxy) is 1. The molecule has 0 unspecified atom stereocenters. The Bertz CT molecular complexity index is 1430. The van der Waals surface area contributed by atoms with E-state index in [4.69, 9.17) is 4.74 Å². The Balaban J connectivity index is 1.57. The van der Waals surface area contributed by atoms with E-state index in [1.54, 1.807) is 18.2 Å². The van der Waals surface area contributed by atoms with Gasteiger partial charge in [-0.2, -0.15) is 0 Å². The van der Waals surface area contributed by atoms with Gasteiger partial charge in [0.2, 0.25) is 0 Å². The van der Waals surface area contributed by atoms with E-state index in [0.717, 1.165) is 49.6 Å². The molecule has 0 saturated carbocycles. The van der Waals surface area contributed by atoms with Crippen LogP contribution in [0.1, 0.15) is 37.3 Å². The van der Waals surface area contributed by atoms with Gasteiger partial charge in [0, 0.05) is 17.7 Å². The van der Waals surface area contributed by atoms with Crippen LogP contribution in [0.25, 0.3) is 21.9 Å². The Morgan fingerprint density at radius 1 is 0.657 bits per heavy atom. The molecule has 4 aromatic carbocycles. The first kappa shape index (κ1) is 24.3. The van der Waals surface area contributed by atoms with E-state index >= 15 is 0 Å². The molecule has 0 amide bonds. The Hall–Kier alpha value is -3.85. The monoisotopic (exact) mass is 480 g/mol. The third kappa shape index (κ3) is 5.63. The lowest BCUT2D eigenvalue weighted by Gasteiger charge is -2.10. The molecule has 0 aliphatic carbocycles. The summed E-state index contributed by atoms with van der Waals surface area (Å²) in [6.07, 6.45) is 2.74. The van der Waals surface area contributed by atoms with E-state index in [1.165, 1.54) is 12.1 Å². The molecule has 4 aromatic rings. The summed E-state index contributed by atoms with van der Waals surface area (Å²) in [4.78, 5) is 0. The highest BCUT2D eigenvalue weighted by molar-refractivity contribution is 5.84. The summed E-state index contributed by atoms with van der Waals surface area (Å²) in [5.41, 5.74) is 0.173. The van der Waals surface area contributed by atoms with E-state index in [-0.39, 0.29) is 22.4 Å². The van der Waals surface area contributed by atoms with Gasteiger partial charge in [0.15, 0.2) is 11.6 Å². The van der Waals surface area contributed by atoms with Crippen molar-refractivity contribution in [2.45, 2.75) is 26.2 Å². The lowest BCUT2D eigenvalue weighted by atomic mass is 10.0. The standard InChI is InChI=1S/C29H21F5O/c1-2-3-4-11-35-23-16-27(33)29(28(34)17-23)21-10-9-19(24(30)14-21)7-5-18-6-8-20-13-25(31)26(32)15-22(20)12-18/h6,8-10,12-17H,2-4,11H2,1H3.